The first kappa shape index (κ1) is 24.7. The summed E-state index contributed by atoms with van der Waals surface area (Å²) in [7, 11) is 0. The van der Waals surface area contributed by atoms with E-state index in [0.717, 1.165) is 11.4 Å². The molecule has 1 unspecified atom stereocenters. The quantitative estimate of drug-likeness (QED) is 0.243. The van der Waals surface area contributed by atoms with Crippen LogP contribution in [-0.2, 0) is 20.9 Å². The van der Waals surface area contributed by atoms with Crippen molar-refractivity contribution >= 4 is 47.0 Å². The molecule has 174 valence electrons. The number of nitrogens with zero attached hydrogens (tertiary/aromatic N) is 4. The predicted octanol–water partition coefficient (Wildman–Crippen LogP) is 0.555. The number of aryl methyl sites for hydroxylation is 1. The predicted molar refractivity (Wildman–Crippen MR) is 120 cm³/mol. The molecule has 0 radical (unpaired) electrons. The van der Waals surface area contributed by atoms with Crippen LogP contribution in [0.2, 0.25) is 0 Å². The van der Waals surface area contributed by atoms with Gasteiger partial charge in [-0.15, -0.1) is 0 Å². The van der Waals surface area contributed by atoms with E-state index in [1.807, 2.05) is 36.5 Å². The summed E-state index contributed by atoms with van der Waals surface area (Å²) in [5.74, 6) is -1.99. The number of carboxylic acids is 2. The minimum Gasteiger partial charge on any atom is -0.481 e. The van der Waals surface area contributed by atoms with Gasteiger partial charge in [0.15, 0.2) is 17.0 Å². The Hall–Kier alpha value is -4.55. The number of fused-ring (bicyclic) bond motifs is 1. The molecule has 3 rings (SSSR count). The number of aromatic nitrogens is 4. The summed E-state index contributed by atoms with van der Waals surface area (Å²) >= 11 is 0. The van der Waals surface area contributed by atoms with Crippen molar-refractivity contribution in [1.29, 1.82) is 0 Å². The second-order valence-electron chi connectivity index (χ2n) is 6.83. The Kier molecular flexibility index (Phi) is 8.79. The van der Waals surface area contributed by atoms with Crippen molar-refractivity contribution in [2.75, 3.05) is 16.8 Å². The lowest BCUT2D eigenvalue weighted by Crippen LogP contribution is -2.36. The molecule has 3 aromatic rings. The highest BCUT2D eigenvalue weighted by atomic mass is 16.4. The third-order valence-electron chi connectivity index (χ3n) is 4.24. The van der Waals surface area contributed by atoms with Gasteiger partial charge in [-0.25, -0.2) is 14.8 Å². The molecule has 1 atom stereocenters. The molecule has 0 bridgehead atoms. The SMILES string of the molecule is Cc1ccc(NCc2cnc3nc(N)nc(N)c3n2)cc1.O=CNC(CCC(=O)O)C(=O)O. The summed E-state index contributed by atoms with van der Waals surface area (Å²) < 4.78 is 0. The van der Waals surface area contributed by atoms with Crippen LogP contribution in [-0.4, -0.2) is 54.5 Å². The fourth-order valence-corrected chi connectivity index (χ4v) is 2.56. The molecule has 13 heteroatoms. The number of nitrogen functional groups attached to an aromatic ring is 2. The van der Waals surface area contributed by atoms with Gasteiger partial charge in [0, 0.05) is 12.1 Å². The van der Waals surface area contributed by atoms with Crippen molar-refractivity contribution < 1.29 is 24.6 Å². The van der Waals surface area contributed by atoms with E-state index >= 15 is 0 Å². The second kappa shape index (κ2) is 11.7. The van der Waals surface area contributed by atoms with E-state index in [9.17, 15) is 14.4 Å². The lowest BCUT2D eigenvalue weighted by molar-refractivity contribution is -0.141. The first-order valence-electron chi connectivity index (χ1n) is 9.69. The number of benzene rings is 1. The molecule has 0 aliphatic heterocycles. The highest BCUT2D eigenvalue weighted by Crippen LogP contribution is 2.15. The Balaban J connectivity index is 0.000000277. The van der Waals surface area contributed by atoms with Crippen molar-refractivity contribution in [3.8, 4) is 0 Å². The summed E-state index contributed by atoms with van der Waals surface area (Å²) in [5.41, 5.74) is 15.2. The molecule has 8 N–H and O–H groups in total. The van der Waals surface area contributed by atoms with Gasteiger partial charge in [-0.1, -0.05) is 17.7 Å². The summed E-state index contributed by atoms with van der Waals surface area (Å²) in [4.78, 5) is 46.7. The Morgan fingerprint density at radius 2 is 1.82 bits per heavy atom. The van der Waals surface area contributed by atoms with Crippen LogP contribution in [0.1, 0.15) is 24.1 Å². The highest BCUT2D eigenvalue weighted by molar-refractivity contribution is 5.81. The first-order valence-corrected chi connectivity index (χ1v) is 9.69. The number of anilines is 3. The third kappa shape index (κ3) is 7.90. The average molecular weight is 456 g/mol. The van der Waals surface area contributed by atoms with E-state index in [1.165, 1.54) is 5.56 Å². The van der Waals surface area contributed by atoms with Crippen molar-refractivity contribution in [2.24, 2.45) is 0 Å². The zero-order chi connectivity index (χ0) is 24.4. The number of carboxylic acid groups (broad SMARTS) is 2. The molecule has 0 aliphatic carbocycles. The maximum Gasteiger partial charge on any atom is 0.326 e. The maximum atomic E-state index is 10.3. The van der Waals surface area contributed by atoms with Crippen molar-refractivity contribution in [1.82, 2.24) is 25.3 Å². The number of rotatable bonds is 9. The molecule has 0 saturated heterocycles. The maximum absolute atomic E-state index is 10.3. The van der Waals surface area contributed by atoms with Crippen LogP contribution in [0.25, 0.3) is 11.2 Å². The van der Waals surface area contributed by atoms with Gasteiger partial charge < -0.3 is 32.3 Å². The zero-order valence-corrected chi connectivity index (χ0v) is 17.7. The largest absolute Gasteiger partial charge is 0.481 e. The van der Waals surface area contributed by atoms with Crippen molar-refractivity contribution in [3.05, 3.63) is 41.7 Å². The van der Waals surface area contributed by atoms with E-state index in [1.54, 1.807) is 6.20 Å². The van der Waals surface area contributed by atoms with Crippen LogP contribution in [0.4, 0.5) is 17.5 Å². The minimum atomic E-state index is -1.23. The Bertz CT molecular complexity index is 1120. The second-order valence-corrected chi connectivity index (χ2v) is 6.83. The van der Waals surface area contributed by atoms with Gasteiger partial charge >= 0.3 is 11.9 Å². The standard InChI is InChI=1S/C14H15N7.C6H9NO5/c1-8-2-4-9(5-3-8)17-6-10-7-18-13-11(19-10)12(15)20-14(16)21-13;8-3-7-4(6(11)12)1-2-5(9)10/h2-5,7,17H,6H2,1H3,(H4,15,16,18,20,21);3-4H,1-2H2,(H,7,8)(H,9,10)(H,11,12). The third-order valence-corrected chi connectivity index (χ3v) is 4.24. The molecule has 33 heavy (non-hydrogen) atoms. The number of amides is 1. The smallest absolute Gasteiger partial charge is 0.326 e. The van der Waals surface area contributed by atoms with E-state index < -0.39 is 18.0 Å². The topological polar surface area (TPSA) is 219 Å². The van der Waals surface area contributed by atoms with Crippen molar-refractivity contribution in [3.63, 3.8) is 0 Å². The van der Waals surface area contributed by atoms with Crippen molar-refractivity contribution in [2.45, 2.75) is 32.4 Å². The van der Waals surface area contributed by atoms with E-state index in [-0.39, 0.29) is 31.0 Å². The molecule has 2 aromatic heterocycles. The van der Waals surface area contributed by atoms with E-state index in [0.29, 0.717) is 17.7 Å². The van der Waals surface area contributed by atoms with Gasteiger partial charge in [-0.3, -0.25) is 9.59 Å². The summed E-state index contributed by atoms with van der Waals surface area (Å²) in [6.07, 6.45) is 1.50. The number of carbonyl (C=O) groups is 3. The molecule has 0 saturated carbocycles. The van der Waals surface area contributed by atoms with Gasteiger partial charge in [0.2, 0.25) is 12.4 Å². The number of hydrogen-bond acceptors (Lipinski definition) is 10. The van der Waals surface area contributed by atoms with Gasteiger partial charge in [-0.2, -0.15) is 9.97 Å². The normalized spacial score (nSPS) is 11.1. The Morgan fingerprint density at radius 3 is 2.42 bits per heavy atom. The molecule has 0 spiro atoms. The average Bonchev–Trinajstić information content (AvgIpc) is 2.76. The molecule has 1 aromatic carbocycles. The highest BCUT2D eigenvalue weighted by Gasteiger charge is 2.16. The number of nitrogens with two attached hydrogens (primary N) is 2. The van der Waals surface area contributed by atoms with Crippen LogP contribution in [0.15, 0.2) is 30.5 Å². The molecule has 13 nitrogen and oxygen atoms in total. The number of carbonyl (C=O) groups excluding carboxylic acids is 1. The zero-order valence-electron chi connectivity index (χ0n) is 17.7. The monoisotopic (exact) mass is 456 g/mol. The van der Waals surface area contributed by atoms with Crippen LogP contribution < -0.4 is 22.1 Å². The first-order chi connectivity index (χ1) is 15.7. The van der Waals surface area contributed by atoms with Gasteiger partial charge in [-0.05, 0) is 25.5 Å². The van der Waals surface area contributed by atoms with Crippen LogP contribution in [0.5, 0.6) is 0 Å². The van der Waals surface area contributed by atoms with Gasteiger partial charge in [0.05, 0.1) is 18.4 Å². The minimum absolute atomic E-state index is 0.0971. The fraction of sp³-hybridized carbons (Fsp3) is 0.250. The Labute approximate surface area is 188 Å². The molecular weight excluding hydrogens is 432 g/mol. The molecular formula is C20H24N8O5. The summed E-state index contributed by atoms with van der Waals surface area (Å²) in [5, 5.41) is 21.9. The number of nitrogens with one attached hydrogen (secondary N) is 2. The molecule has 2 heterocycles. The van der Waals surface area contributed by atoms with Gasteiger partial charge in [0.25, 0.3) is 0 Å². The van der Waals surface area contributed by atoms with Crippen LogP contribution in [0.3, 0.4) is 0 Å². The number of aliphatic carboxylic acids is 2. The van der Waals surface area contributed by atoms with E-state index in [2.05, 4.69) is 25.3 Å². The molecule has 1 amide bonds. The lowest BCUT2D eigenvalue weighted by atomic mass is 10.1. The Morgan fingerprint density at radius 1 is 1.12 bits per heavy atom. The van der Waals surface area contributed by atoms with Crippen LogP contribution in [0, 0.1) is 6.92 Å². The van der Waals surface area contributed by atoms with Gasteiger partial charge in [0.1, 0.15) is 6.04 Å². The van der Waals surface area contributed by atoms with E-state index in [4.69, 9.17) is 21.7 Å². The summed E-state index contributed by atoms with van der Waals surface area (Å²) in [6.45, 7) is 2.59. The fourth-order valence-electron chi connectivity index (χ4n) is 2.56. The number of hydrogen-bond donors (Lipinski definition) is 6. The summed E-state index contributed by atoms with van der Waals surface area (Å²) in [6, 6.07) is 7.01. The molecule has 0 fully saturated rings. The van der Waals surface area contributed by atoms with Crippen LogP contribution >= 0.6 is 0 Å². The molecule has 0 aliphatic rings. The lowest BCUT2D eigenvalue weighted by Gasteiger charge is -2.08.